The number of nitrogens with zero attached hydrogens (tertiary/aromatic N) is 2. The third-order valence-corrected chi connectivity index (χ3v) is 5.38. The van der Waals surface area contributed by atoms with Gasteiger partial charge >= 0.3 is 13.1 Å². The first-order chi connectivity index (χ1) is 12.0. The molecule has 0 aromatic heterocycles. The van der Waals surface area contributed by atoms with E-state index in [4.69, 9.17) is 15.0 Å². The summed E-state index contributed by atoms with van der Waals surface area (Å²) in [6.07, 6.45) is 1.67. The van der Waals surface area contributed by atoms with Crippen molar-refractivity contribution in [2.75, 3.05) is 13.6 Å². The quantitative estimate of drug-likeness (QED) is 0.778. The van der Waals surface area contributed by atoms with Crippen LogP contribution in [-0.2, 0) is 14.1 Å². The molecule has 1 saturated heterocycles. The Bertz CT molecular complexity index is 716. The van der Waals surface area contributed by atoms with Crippen LogP contribution in [0.25, 0.3) is 0 Å². The minimum atomic E-state index is -0.939. The van der Waals surface area contributed by atoms with Crippen molar-refractivity contribution in [3.8, 4) is 0 Å². The molecule has 0 aliphatic carbocycles. The summed E-state index contributed by atoms with van der Waals surface area (Å²) in [5.41, 5.74) is 7.17. The molecule has 26 heavy (non-hydrogen) atoms. The number of nitrogens with two attached hydrogens (primary N) is 1. The molecule has 1 fully saturated rings. The molecule has 3 rings (SSSR count). The van der Waals surface area contributed by atoms with Gasteiger partial charge in [-0.15, -0.1) is 0 Å². The van der Waals surface area contributed by atoms with E-state index < -0.39 is 30.3 Å². The van der Waals surface area contributed by atoms with Crippen molar-refractivity contribution in [2.45, 2.75) is 44.9 Å². The number of carboxylic acids is 1. The van der Waals surface area contributed by atoms with Crippen molar-refractivity contribution in [1.82, 2.24) is 10.0 Å². The van der Waals surface area contributed by atoms with E-state index in [0.717, 1.165) is 5.46 Å². The number of hydrogen-bond donors (Lipinski definition) is 2. The fourth-order valence-electron chi connectivity index (χ4n) is 3.15. The van der Waals surface area contributed by atoms with Crippen molar-refractivity contribution < 1.29 is 19.2 Å². The Morgan fingerprint density at radius 2 is 1.73 bits per heavy atom. The van der Waals surface area contributed by atoms with Crippen LogP contribution in [0.1, 0.15) is 39.3 Å². The third kappa shape index (κ3) is 3.20. The van der Waals surface area contributed by atoms with Crippen LogP contribution >= 0.6 is 0 Å². The number of likely N-dealkylation sites (N-methyl/N-ethyl adjacent to an activating group) is 1. The SMILES string of the molecule is CN1CC(N)=CN1C(C(=O)O)c1ccc(B2OC(C)(C)C(C)(C)O2)cc1. The van der Waals surface area contributed by atoms with E-state index in [1.807, 2.05) is 46.9 Å². The maximum absolute atomic E-state index is 11.9. The van der Waals surface area contributed by atoms with E-state index in [-0.39, 0.29) is 0 Å². The summed E-state index contributed by atoms with van der Waals surface area (Å²) in [4.78, 5) is 11.9. The summed E-state index contributed by atoms with van der Waals surface area (Å²) in [5, 5.41) is 13.1. The second-order valence-corrected chi connectivity index (χ2v) is 7.90. The summed E-state index contributed by atoms with van der Waals surface area (Å²) >= 11 is 0. The fraction of sp³-hybridized carbons (Fsp3) is 0.500. The molecule has 1 aromatic rings. The minimum absolute atomic E-state index is 0.416. The molecule has 0 radical (unpaired) electrons. The highest BCUT2D eigenvalue weighted by molar-refractivity contribution is 6.62. The van der Waals surface area contributed by atoms with Crippen LogP contribution in [0.2, 0.25) is 0 Å². The fourth-order valence-corrected chi connectivity index (χ4v) is 3.15. The van der Waals surface area contributed by atoms with Crippen molar-refractivity contribution in [3.05, 3.63) is 41.7 Å². The zero-order valence-electron chi connectivity index (χ0n) is 15.9. The second-order valence-electron chi connectivity index (χ2n) is 7.90. The predicted octanol–water partition coefficient (Wildman–Crippen LogP) is 1.07. The lowest BCUT2D eigenvalue weighted by atomic mass is 9.78. The maximum atomic E-state index is 11.9. The molecule has 1 aromatic carbocycles. The molecule has 2 heterocycles. The Morgan fingerprint density at radius 1 is 1.19 bits per heavy atom. The average molecular weight is 359 g/mol. The molecule has 1 atom stereocenters. The van der Waals surface area contributed by atoms with E-state index >= 15 is 0 Å². The number of hydrazine groups is 1. The van der Waals surface area contributed by atoms with Gasteiger partial charge in [0.15, 0.2) is 6.04 Å². The van der Waals surface area contributed by atoms with Crippen LogP contribution in [0.4, 0.5) is 0 Å². The van der Waals surface area contributed by atoms with E-state index in [2.05, 4.69) is 0 Å². The molecule has 140 valence electrons. The Kier molecular flexibility index (Phi) is 4.54. The van der Waals surface area contributed by atoms with Gasteiger partial charge in [-0.2, -0.15) is 0 Å². The van der Waals surface area contributed by atoms with Gasteiger partial charge in [0.05, 0.1) is 17.7 Å². The van der Waals surface area contributed by atoms with E-state index in [0.29, 0.717) is 17.8 Å². The zero-order chi connectivity index (χ0) is 19.3. The summed E-state index contributed by atoms with van der Waals surface area (Å²) in [6, 6.07) is 6.48. The van der Waals surface area contributed by atoms with Gasteiger partial charge < -0.3 is 20.1 Å². The van der Waals surface area contributed by atoms with Crippen molar-refractivity contribution in [2.24, 2.45) is 5.73 Å². The lowest BCUT2D eigenvalue weighted by Crippen LogP contribution is -2.41. The van der Waals surface area contributed by atoms with E-state index in [1.165, 1.54) is 0 Å². The van der Waals surface area contributed by atoms with Gasteiger partial charge in [-0.1, -0.05) is 24.3 Å². The molecule has 1 unspecified atom stereocenters. The third-order valence-electron chi connectivity index (χ3n) is 5.38. The first-order valence-corrected chi connectivity index (χ1v) is 8.66. The topological polar surface area (TPSA) is 88.3 Å². The van der Waals surface area contributed by atoms with Gasteiger partial charge in [0, 0.05) is 18.9 Å². The van der Waals surface area contributed by atoms with Gasteiger partial charge in [0.2, 0.25) is 0 Å². The van der Waals surface area contributed by atoms with Gasteiger partial charge in [-0.3, -0.25) is 5.01 Å². The minimum Gasteiger partial charge on any atom is -0.479 e. The Labute approximate surface area is 154 Å². The molecule has 0 spiro atoms. The van der Waals surface area contributed by atoms with Crippen molar-refractivity contribution in [3.63, 3.8) is 0 Å². The molecule has 0 saturated carbocycles. The number of aliphatic carboxylic acids is 1. The monoisotopic (exact) mass is 359 g/mol. The van der Waals surface area contributed by atoms with Crippen molar-refractivity contribution >= 4 is 18.6 Å². The molecular formula is C18H26BN3O4. The molecule has 7 nitrogen and oxygen atoms in total. The van der Waals surface area contributed by atoms with Crippen LogP contribution in [0.15, 0.2) is 36.2 Å². The number of carbonyl (C=O) groups is 1. The Morgan fingerprint density at radius 3 is 2.15 bits per heavy atom. The molecule has 0 bridgehead atoms. The van der Waals surface area contributed by atoms with E-state index in [9.17, 15) is 9.90 Å². The van der Waals surface area contributed by atoms with Gasteiger partial charge in [0.25, 0.3) is 0 Å². The average Bonchev–Trinajstić information content (AvgIpc) is 2.95. The van der Waals surface area contributed by atoms with Gasteiger partial charge in [-0.05, 0) is 38.7 Å². The first-order valence-electron chi connectivity index (χ1n) is 8.66. The molecule has 3 N–H and O–H groups in total. The summed E-state index contributed by atoms with van der Waals surface area (Å²) in [5.74, 6) is -0.939. The van der Waals surface area contributed by atoms with Crippen LogP contribution < -0.4 is 11.2 Å². The number of hydrogen-bond acceptors (Lipinski definition) is 6. The highest BCUT2D eigenvalue weighted by Crippen LogP contribution is 2.36. The first kappa shape index (κ1) is 18.8. The lowest BCUT2D eigenvalue weighted by Gasteiger charge is -2.32. The molecule has 2 aliphatic rings. The predicted molar refractivity (Wildman–Crippen MR) is 99.3 cm³/mol. The largest absolute Gasteiger partial charge is 0.494 e. The summed E-state index contributed by atoms with van der Waals surface area (Å²) in [7, 11) is 1.34. The maximum Gasteiger partial charge on any atom is 0.494 e. The van der Waals surface area contributed by atoms with Crippen molar-refractivity contribution in [1.29, 1.82) is 0 Å². The smallest absolute Gasteiger partial charge is 0.479 e. The Hall–Kier alpha value is -2.03. The summed E-state index contributed by atoms with van der Waals surface area (Å²) in [6.45, 7) is 8.52. The normalized spacial score (nSPS) is 23.2. The number of rotatable bonds is 4. The molecule has 2 aliphatic heterocycles. The standard InChI is InChI=1S/C18H26BN3O4/c1-17(2)18(3,4)26-19(25-17)13-8-6-12(7-9-13)15(16(23)24)22-11-14(20)10-21(22)5/h6-9,11,15H,10,20H2,1-5H3,(H,23,24). The van der Waals surface area contributed by atoms with Gasteiger partial charge in [0.1, 0.15) is 0 Å². The van der Waals surface area contributed by atoms with E-state index in [1.54, 1.807) is 28.4 Å². The Balaban J connectivity index is 1.84. The molecular weight excluding hydrogens is 333 g/mol. The summed E-state index contributed by atoms with van der Waals surface area (Å²) < 4.78 is 12.1. The number of carboxylic acid groups (broad SMARTS) is 1. The lowest BCUT2D eigenvalue weighted by molar-refractivity contribution is -0.147. The number of benzene rings is 1. The van der Waals surface area contributed by atoms with Gasteiger partial charge in [-0.25, -0.2) is 9.80 Å². The second kappa shape index (κ2) is 6.30. The molecule has 8 heteroatoms. The van der Waals surface area contributed by atoms with Crippen LogP contribution in [0, 0.1) is 0 Å². The van der Waals surface area contributed by atoms with Crippen LogP contribution in [0.3, 0.4) is 0 Å². The highest BCUT2D eigenvalue weighted by Gasteiger charge is 2.51. The zero-order valence-corrected chi connectivity index (χ0v) is 15.9. The van der Waals surface area contributed by atoms with Crippen LogP contribution in [0.5, 0.6) is 0 Å². The highest BCUT2D eigenvalue weighted by atomic mass is 16.7. The van der Waals surface area contributed by atoms with Crippen LogP contribution in [-0.4, -0.2) is 53.0 Å². The molecule has 0 amide bonds.